The van der Waals surface area contributed by atoms with E-state index in [2.05, 4.69) is 15.3 Å². The second-order valence-corrected chi connectivity index (χ2v) is 4.10. The lowest BCUT2D eigenvalue weighted by atomic mass is 10.2. The van der Waals surface area contributed by atoms with Crippen molar-refractivity contribution in [3.8, 4) is 0 Å². The average molecular weight is 286 g/mol. The highest BCUT2D eigenvalue weighted by molar-refractivity contribution is 6.31. The molecule has 1 N–H and O–H groups in total. The second-order valence-electron chi connectivity index (χ2n) is 3.31. The zero-order valence-electron chi connectivity index (χ0n) is 8.82. The van der Waals surface area contributed by atoms with Crippen molar-refractivity contribution >= 4 is 34.9 Å². The van der Waals surface area contributed by atoms with Crippen molar-refractivity contribution in [1.29, 1.82) is 0 Å². The van der Waals surface area contributed by atoms with E-state index in [0.717, 1.165) is 6.07 Å². The standard InChI is InChI=1S/C11H6Cl2FN3O/c12-7-3-6(1-2-8(7)14)11(18)17-10-5-15-4-9(13)16-10/h1-5H,(H,16,17,18). The Hall–Kier alpha value is -1.72. The lowest BCUT2D eigenvalue weighted by molar-refractivity contribution is 0.102. The molecule has 7 heteroatoms. The van der Waals surface area contributed by atoms with E-state index in [4.69, 9.17) is 23.2 Å². The van der Waals surface area contributed by atoms with Gasteiger partial charge in [-0.2, -0.15) is 0 Å². The summed E-state index contributed by atoms with van der Waals surface area (Å²) in [7, 11) is 0. The number of anilines is 1. The fraction of sp³-hybridized carbons (Fsp3) is 0. The Morgan fingerprint density at radius 1 is 1.28 bits per heavy atom. The Labute approximate surface area is 112 Å². The molecule has 0 aliphatic heterocycles. The first-order valence-corrected chi connectivity index (χ1v) is 5.56. The number of halogens is 3. The minimum atomic E-state index is -0.587. The summed E-state index contributed by atoms with van der Waals surface area (Å²) in [5, 5.41) is 2.50. The highest BCUT2D eigenvalue weighted by Crippen LogP contribution is 2.17. The van der Waals surface area contributed by atoms with Gasteiger partial charge in [0.2, 0.25) is 0 Å². The zero-order chi connectivity index (χ0) is 13.1. The minimum Gasteiger partial charge on any atom is -0.305 e. The van der Waals surface area contributed by atoms with Gasteiger partial charge in [0.25, 0.3) is 5.91 Å². The Balaban J connectivity index is 2.19. The molecule has 0 unspecified atom stereocenters. The van der Waals surface area contributed by atoms with Gasteiger partial charge >= 0.3 is 0 Å². The third kappa shape index (κ3) is 2.94. The average Bonchev–Trinajstić information content (AvgIpc) is 2.32. The Morgan fingerprint density at radius 3 is 2.72 bits per heavy atom. The van der Waals surface area contributed by atoms with Crippen LogP contribution in [0.3, 0.4) is 0 Å². The molecule has 0 saturated carbocycles. The van der Waals surface area contributed by atoms with Crippen molar-refractivity contribution in [1.82, 2.24) is 9.97 Å². The van der Waals surface area contributed by atoms with Gasteiger partial charge in [-0.1, -0.05) is 23.2 Å². The second kappa shape index (κ2) is 5.29. The summed E-state index contributed by atoms with van der Waals surface area (Å²) in [6.45, 7) is 0. The molecular weight excluding hydrogens is 280 g/mol. The molecule has 0 bridgehead atoms. The van der Waals surface area contributed by atoms with Crippen LogP contribution in [-0.2, 0) is 0 Å². The van der Waals surface area contributed by atoms with E-state index in [0.29, 0.717) is 0 Å². The number of hydrogen-bond acceptors (Lipinski definition) is 3. The maximum atomic E-state index is 12.9. The van der Waals surface area contributed by atoms with Gasteiger partial charge in [0.15, 0.2) is 5.82 Å². The molecule has 18 heavy (non-hydrogen) atoms. The molecule has 0 saturated heterocycles. The van der Waals surface area contributed by atoms with E-state index in [1.165, 1.54) is 24.5 Å². The van der Waals surface area contributed by atoms with Crippen molar-refractivity contribution in [2.45, 2.75) is 0 Å². The van der Waals surface area contributed by atoms with Crippen LogP contribution in [-0.4, -0.2) is 15.9 Å². The summed E-state index contributed by atoms with van der Waals surface area (Å²) in [6, 6.07) is 3.65. The zero-order valence-corrected chi connectivity index (χ0v) is 10.3. The summed E-state index contributed by atoms with van der Waals surface area (Å²) >= 11 is 11.2. The molecule has 1 aromatic carbocycles. The summed E-state index contributed by atoms with van der Waals surface area (Å²) in [5.41, 5.74) is 0.211. The van der Waals surface area contributed by atoms with Gasteiger partial charge in [-0.05, 0) is 18.2 Å². The van der Waals surface area contributed by atoms with Gasteiger partial charge < -0.3 is 5.32 Å². The Kier molecular flexibility index (Phi) is 3.74. The van der Waals surface area contributed by atoms with Crippen molar-refractivity contribution in [2.24, 2.45) is 0 Å². The number of rotatable bonds is 2. The first-order chi connectivity index (χ1) is 8.56. The van der Waals surface area contributed by atoms with E-state index >= 15 is 0 Å². The Morgan fingerprint density at radius 2 is 2.06 bits per heavy atom. The third-order valence-electron chi connectivity index (χ3n) is 2.03. The molecule has 2 aromatic rings. The largest absolute Gasteiger partial charge is 0.305 e. The maximum absolute atomic E-state index is 12.9. The number of hydrogen-bond donors (Lipinski definition) is 1. The predicted octanol–water partition coefficient (Wildman–Crippen LogP) is 3.17. The van der Waals surface area contributed by atoms with Gasteiger partial charge in [-0.3, -0.25) is 9.78 Å². The first-order valence-electron chi connectivity index (χ1n) is 4.80. The number of aromatic nitrogens is 2. The Bertz CT molecular complexity index is 607. The van der Waals surface area contributed by atoms with Crippen molar-refractivity contribution in [3.63, 3.8) is 0 Å². The van der Waals surface area contributed by atoms with Crippen LogP contribution in [0, 0.1) is 5.82 Å². The number of nitrogens with zero attached hydrogens (tertiary/aromatic N) is 2. The highest BCUT2D eigenvalue weighted by Gasteiger charge is 2.10. The van der Waals surface area contributed by atoms with Crippen LogP contribution in [0.25, 0.3) is 0 Å². The van der Waals surface area contributed by atoms with Crippen molar-refractivity contribution < 1.29 is 9.18 Å². The highest BCUT2D eigenvalue weighted by atomic mass is 35.5. The molecule has 0 radical (unpaired) electrons. The number of carbonyl (C=O) groups excluding carboxylic acids is 1. The molecule has 92 valence electrons. The lowest BCUT2D eigenvalue weighted by Crippen LogP contribution is -2.13. The van der Waals surface area contributed by atoms with Crippen LogP contribution in [0.1, 0.15) is 10.4 Å². The third-order valence-corrected chi connectivity index (χ3v) is 2.50. The fourth-order valence-electron chi connectivity index (χ4n) is 1.23. The summed E-state index contributed by atoms with van der Waals surface area (Å²) < 4.78 is 12.9. The number of carbonyl (C=O) groups is 1. The number of nitrogens with one attached hydrogen (secondary N) is 1. The van der Waals surface area contributed by atoms with Crippen molar-refractivity contribution in [2.75, 3.05) is 5.32 Å². The van der Waals surface area contributed by atoms with E-state index in [1.807, 2.05) is 0 Å². The number of amides is 1. The molecule has 2 rings (SSSR count). The van der Waals surface area contributed by atoms with Gasteiger partial charge in [0, 0.05) is 5.56 Å². The van der Waals surface area contributed by atoms with Crippen LogP contribution in [0.5, 0.6) is 0 Å². The van der Waals surface area contributed by atoms with E-state index < -0.39 is 11.7 Å². The van der Waals surface area contributed by atoms with E-state index in [-0.39, 0.29) is 21.6 Å². The monoisotopic (exact) mass is 285 g/mol. The lowest BCUT2D eigenvalue weighted by Gasteiger charge is -2.04. The van der Waals surface area contributed by atoms with E-state index in [9.17, 15) is 9.18 Å². The SMILES string of the molecule is O=C(Nc1cncc(Cl)n1)c1ccc(F)c(Cl)c1. The van der Waals surface area contributed by atoms with Gasteiger partial charge in [0.1, 0.15) is 11.0 Å². The van der Waals surface area contributed by atoms with Crippen LogP contribution >= 0.6 is 23.2 Å². The quantitative estimate of drug-likeness (QED) is 0.922. The van der Waals surface area contributed by atoms with Crippen molar-refractivity contribution in [3.05, 3.63) is 52.1 Å². The summed E-state index contributed by atoms with van der Waals surface area (Å²) in [5.74, 6) is -0.864. The summed E-state index contributed by atoms with van der Waals surface area (Å²) in [6.07, 6.45) is 2.68. The van der Waals surface area contributed by atoms with Crippen LogP contribution in [0.4, 0.5) is 10.2 Å². The molecule has 0 aliphatic rings. The smallest absolute Gasteiger partial charge is 0.256 e. The predicted molar refractivity (Wildman–Crippen MR) is 66.4 cm³/mol. The molecule has 0 spiro atoms. The van der Waals surface area contributed by atoms with Gasteiger partial charge in [-0.25, -0.2) is 9.37 Å². The number of benzene rings is 1. The van der Waals surface area contributed by atoms with Gasteiger partial charge in [-0.15, -0.1) is 0 Å². The molecule has 0 atom stereocenters. The topological polar surface area (TPSA) is 54.9 Å². The van der Waals surface area contributed by atoms with Gasteiger partial charge in [0.05, 0.1) is 17.4 Å². The van der Waals surface area contributed by atoms with Crippen LogP contribution in [0.2, 0.25) is 10.2 Å². The van der Waals surface area contributed by atoms with E-state index in [1.54, 1.807) is 0 Å². The first kappa shape index (κ1) is 12.7. The van der Waals surface area contributed by atoms with Crippen LogP contribution < -0.4 is 5.32 Å². The maximum Gasteiger partial charge on any atom is 0.256 e. The molecular formula is C11H6Cl2FN3O. The molecule has 1 heterocycles. The molecule has 1 amide bonds. The normalized spacial score (nSPS) is 10.2. The molecule has 0 aliphatic carbocycles. The molecule has 4 nitrogen and oxygen atoms in total. The fourth-order valence-corrected chi connectivity index (χ4v) is 1.56. The van der Waals surface area contributed by atoms with Crippen LogP contribution in [0.15, 0.2) is 30.6 Å². The summed E-state index contributed by atoms with van der Waals surface area (Å²) in [4.78, 5) is 19.4. The molecule has 1 aromatic heterocycles. The molecule has 0 fully saturated rings. The minimum absolute atomic E-state index is 0.125.